The standard InChI is InChI=1S/C16H13NO5/c1-9(18)21-14-7-15(20-3)16(22-10(2)19)12-5-4-11(8-17)6-13(12)14/h4-7H,1-3H3. The number of fused-ring (bicyclic) bond motifs is 1. The van der Waals surface area contributed by atoms with Crippen molar-refractivity contribution in [2.24, 2.45) is 0 Å². The zero-order chi connectivity index (χ0) is 16.3. The van der Waals surface area contributed by atoms with Crippen molar-refractivity contribution in [3.05, 3.63) is 29.8 Å². The summed E-state index contributed by atoms with van der Waals surface area (Å²) < 4.78 is 15.6. The summed E-state index contributed by atoms with van der Waals surface area (Å²) in [5.41, 5.74) is 0.389. The fourth-order valence-electron chi connectivity index (χ4n) is 2.05. The molecule has 0 aliphatic heterocycles. The summed E-state index contributed by atoms with van der Waals surface area (Å²) in [6.07, 6.45) is 0. The van der Waals surface area contributed by atoms with Gasteiger partial charge in [0, 0.05) is 30.7 Å². The number of nitriles is 1. The first-order chi connectivity index (χ1) is 10.5. The molecule has 0 spiro atoms. The van der Waals surface area contributed by atoms with Crippen LogP contribution >= 0.6 is 0 Å². The summed E-state index contributed by atoms with van der Waals surface area (Å²) in [7, 11) is 1.41. The van der Waals surface area contributed by atoms with E-state index < -0.39 is 11.9 Å². The fourth-order valence-corrected chi connectivity index (χ4v) is 2.05. The molecular formula is C16H13NO5. The molecular weight excluding hydrogens is 286 g/mol. The molecule has 0 N–H and O–H groups in total. The Morgan fingerprint density at radius 2 is 1.68 bits per heavy atom. The van der Waals surface area contributed by atoms with Crippen LogP contribution in [0.3, 0.4) is 0 Å². The van der Waals surface area contributed by atoms with E-state index in [4.69, 9.17) is 19.5 Å². The van der Waals surface area contributed by atoms with E-state index in [0.717, 1.165) is 0 Å². The van der Waals surface area contributed by atoms with Crippen molar-refractivity contribution < 1.29 is 23.8 Å². The molecule has 2 aromatic rings. The van der Waals surface area contributed by atoms with E-state index in [1.165, 1.54) is 27.0 Å². The summed E-state index contributed by atoms with van der Waals surface area (Å²) in [5.74, 6) is -0.323. The van der Waals surface area contributed by atoms with Gasteiger partial charge in [0.25, 0.3) is 0 Å². The molecule has 112 valence electrons. The molecule has 0 heterocycles. The van der Waals surface area contributed by atoms with Crippen molar-refractivity contribution in [2.45, 2.75) is 13.8 Å². The Balaban J connectivity index is 2.81. The highest BCUT2D eigenvalue weighted by Crippen LogP contribution is 2.42. The van der Waals surface area contributed by atoms with Crippen LogP contribution in [0.15, 0.2) is 24.3 Å². The minimum atomic E-state index is -0.510. The van der Waals surface area contributed by atoms with Gasteiger partial charge in [-0.15, -0.1) is 0 Å². The molecule has 0 saturated heterocycles. The molecule has 6 nitrogen and oxygen atoms in total. The Bertz CT molecular complexity index is 804. The van der Waals surface area contributed by atoms with E-state index in [2.05, 4.69) is 0 Å². The predicted molar refractivity (Wildman–Crippen MR) is 77.8 cm³/mol. The maximum Gasteiger partial charge on any atom is 0.308 e. The van der Waals surface area contributed by atoms with Gasteiger partial charge < -0.3 is 14.2 Å². The van der Waals surface area contributed by atoms with Crippen LogP contribution in [0.2, 0.25) is 0 Å². The Hall–Kier alpha value is -3.07. The van der Waals surface area contributed by atoms with Crippen LogP contribution < -0.4 is 14.2 Å². The second-order valence-electron chi connectivity index (χ2n) is 4.47. The number of rotatable bonds is 3. The van der Waals surface area contributed by atoms with Crippen molar-refractivity contribution in [1.29, 1.82) is 5.26 Å². The number of nitrogens with zero attached hydrogens (tertiary/aromatic N) is 1. The van der Waals surface area contributed by atoms with Gasteiger partial charge in [-0.25, -0.2) is 0 Å². The molecule has 0 aliphatic carbocycles. The van der Waals surface area contributed by atoms with Crippen LogP contribution in [-0.2, 0) is 9.59 Å². The van der Waals surface area contributed by atoms with E-state index in [1.54, 1.807) is 18.2 Å². The first kappa shape index (κ1) is 15.3. The number of ether oxygens (including phenoxy) is 3. The van der Waals surface area contributed by atoms with Gasteiger partial charge in [-0.2, -0.15) is 5.26 Å². The lowest BCUT2D eigenvalue weighted by Crippen LogP contribution is -2.06. The maximum atomic E-state index is 11.3. The topological polar surface area (TPSA) is 85.6 Å². The van der Waals surface area contributed by atoms with E-state index in [-0.39, 0.29) is 17.2 Å². The molecule has 0 aliphatic rings. The third-order valence-corrected chi connectivity index (χ3v) is 2.86. The summed E-state index contributed by atoms with van der Waals surface area (Å²) in [6, 6.07) is 8.20. The Morgan fingerprint density at radius 3 is 2.23 bits per heavy atom. The molecule has 22 heavy (non-hydrogen) atoms. The number of hydrogen-bond acceptors (Lipinski definition) is 6. The molecule has 0 amide bonds. The number of hydrogen-bond donors (Lipinski definition) is 0. The molecule has 0 atom stereocenters. The van der Waals surface area contributed by atoms with Crippen molar-refractivity contribution in [2.75, 3.05) is 7.11 Å². The zero-order valence-corrected chi connectivity index (χ0v) is 12.3. The first-order valence-corrected chi connectivity index (χ1v) is 6.38. The van der Waals surface area contributed by atoms with Crippen molar-refractivity contribution in [3.8, 4) is 23.3 Å². The van der Waals surface area contributed by atoms with E-state index >= 15 is 0 Å². The molecule has 0 aromatic heterocycles. The first-order valence-electron chi connectivity index (χ1n) is 6.38. The summed E-state index contributed by atoms with van der Waals surface area (Å²) in [4.78, 5) is 22.6. The van der Waals surface area contributed by atoms with Gasteiger partial charge in [0.2, 0.25) is 0 Å². The van der Waals surface area contributed by atoms with Gasteiger partial charge >= 0.3 is 11.9 Å². The monoisotopic (exact) mass is 299 g/mol. The highest BCUT2D eigenvalue weighted by molar-refractivity contribution is 5.98. The van der Waals surface area contributed by atoms with Crippen LogP contribution in [0.25, 0.3) is 10.8 Å². The highest BCUT2D eigenvalue weighted by atomic mass is 16.6. The molecule has 0 saturated carbocycles. The number of methoxy groups -OCH3 is 1. The molecule has 0 fully saturated rings. The molecule has 2 rings (SSSR count). The largest absolute Gasteiger partial charge is 0.493 e. The van der Waals surface area contributed by atoms with E-state index in [1.807, 2.05) is 6.07 Å². The third-order valence-electron chi connectivity index (χ3n) is 2.86. The quantitative estimate of drug-likeness (QED) is 0.639. The van der Waals surface area contributed by atoms with Crippen molar-refractivity contribution in [3.63, 3.8) is 0 Å². The normalized spacial score (nSPS) is 9.91. The van der Waals surface area contributed by atoms with Crippen LogP contribution in [0.4, 0.5) is 0 Å². The van der Waals surface area contributed by atoms with Gasteiger partial charge in [0.1, 0.15) is 5.75 Å². The van der Waals surface area contributed by atoms with Gasteiger partial charge in [0.15, 0.2) is 11.5 Å². The van der Waals surface area contributed by atoms with Gasteiger partial charge in [-0.1, -0.05) is 0 Å². The SMILES string of the molecule is COc1cc(OC(C)=O)c2cc(C#N)ccc2c1OC(C)=O. The Labute approximate surface area is 126 Å². The number of carbonyl (C=O) groups is 2. The van der Waals surface area contributed by atoms with E-state index in [9.17, 15) is 9.59 Å². The Morgan fingerprint density at radius 1 is 1.00 bits per heavy atom. The molecule has 6 heteroatoms. The summed E-state index contributed by atoms with van der Waals surface area (Å²) >= 11 is 0. The molecule has 0 unspecified atom stereocenters. The number of benzene rings is 2. The molecule has 0 radical (unpaired) electrons. The summed E-state index contributed by atoms with van der Waals surface area (Å²) in [6.45, 7) is 2.54. The summed E-state index contributed by atoms with van der Waals surface area (Å²) in [5, 5.41) is 10.0. The predicted octanol–water partition coefficient (Wildman–Crippen LogP) is 2.57. The lowest BCUT2D eigenvalue weighted by atomic mass is 10.0. The molecule has 2 aromatic carbocycles. The van der Waals surface area contributed by atoms with Gasteiger partial charge in [-0.05, 0) is 18.2 Å². The lowest BCUT2D eigenvalue weighted by Gasteiger charge is -2.14. The number of carbonyl (C=O) groups excluding carboxylic acids is 2. The molecule has 0 bridgehead atoms. The average molecular weight is 299 g/mol. The lowest BCUT2D eigenvalue weighted by molar-refractivity contribution is -0.133. The van der Waals surface area contributed by atoms with Crippen LogP contribution in [-0.4, -0.2) is 19.0 Å². The van der Waals surface area contributed by atoms with Crippen LogP contribution in [0.5, 0.6) is 17.2 Å². The second kappa shape index (κ2) is 6.14. The van der Waals surface area contributed by atoms with Crippen molar-refractivity contribution >= 4 is 22.7 Å². The minimum Gasteiger partial charge on any atom is -0.493 e. The average Bonchev–Trinajstić information content (AvgIpc) is 2.48. The number of esters is 2. The Kier molecular flexibility index (Phi) is 4.28. The van der Waals surface area contributed by atoms with Crippen molar-refractivity contribution in [1.82, 2.24) is 0 Å². The van der Waals surface area contributed by atoms with Gasteiger partial charge in [-0.3, -0.25) is 9.59 Å². The highest BCUT2D eigenvalue weighted by Gasteiger charge is 2.18. The van der Waals surface area contributed by atoms with Crippen LogP contribution in [0.1, 0.15) is 19.4 Å². The smallest absolute Gasteiger partial charge is 0.308 e. The zero-order valence-electron chi connectivity index (χ0n) is 12.3. The van der Waals surface area contributed by atoms with Crippen LogP contribution in [0, 0.1) is 11.3 Å². The maximum absolute atomic E-state index is 11.3. The third kappa shape index (κ3) is 2.99. The van der Waals surface area contributed by atoms with E-state index in [0.29, 0.717) is 16.3 Å². The fraction of sp³-hybridized carbons (Fsp3) is 0.188. The minimum absolute atomic E-state index is 0.213. The van der Waals surface area contributed by atoms with Gasteiger partial charge in [0.05, 0.1) is 18.7 Å². The second-order valence-corrected chi connectivity index (χ2v) is 4.47.